The number of carbonyl (C=O) groups is 1. The number of methoxy groups -OCH3 is 1. The molecule has 0 bridgehead atoms. The molecule has 2 aromatic rings. The van der Waals surface area contributed by atoms with Crippen molar-refractivity contribution in [2.45, 2.75) is 24.8 Å². The lowest BCUT2D eigenvalue weighted by molar-refractivity contribution is 0.0600. The number of hydrogen-bond donors (Lipinski definition) is 1. The van der Waals surface area contributed by atoms with Crippen molar-refractivity contribution in [1.29, 1.82) is 0 Å². The Morgan fingerprint density at radius 2 is 1.88 bits per heavy atom. The molecule has 0 saturated heterocycles. The van der Waals surface area contributed by atoms with Crippen LogP contribution in [0.4, 0.5) is 0 Å². The smallest absolute Gasteiger partial charge is 0.337 e. The molecular weight excluding hydrogens is 394 g/mol. The highest BCUT2D eigenvalue weighted by molar-refractivity contribution is 9.10. The molecule has 128 valence electrons. The molecule has 0 spiro atoms. The molecule has 1 N–H and O–H groups in total. The lowest BCUT2D eigenvalue weighted by Crippen LogP contribution is -2.27. The molecule has 0 aromatic heterocycles. The van der Waals surface area contributed by atoms with Gasteiger partial charge in [-0.15, -0.1) is 0 Å². The number of esters is 1. The largest absolute Gasteiger partial charge is 0.465 e. The van der Waals surface area contributed by atoms with Gasteiger partial charge in [-0.1, -0.05) is 34.1 Å². The molecule has 0 amide bonds. The van der Waals surface area contributed by atoms with Gasteiger partial charge in [0.05, 0.1) is 17.6 Å². The van der Waals surface area contributed by atoms with Gasteiger partial charge in [-0.2, -0.15) is 0 Å². The van der Waals surface area contributed by atoms with Crippen molar-refractivity contribution in [2.75, 3.05) is 7.11 Å². The molecule has 0 saturated carbocycles. The molecular formula is C17H18BrNO4S. The van der Waals surface area contributed by atoms with Crippen molar-refractivity contribution >= 4 is 31.9 Å². The predicted octanol–water partition coefficient (Wildman–Crippen LogP) is 3.58. The SMILES string of the molecule is COC(=O)c1ccc(S(=O)(=O)NC(C)c2ccccc2Br)c(C)c1. The van der Waals surface area contributed by atoms with Crippen LogP contribution in [-0.4, -0.2) is 21.5 Å². The van der Waals surface area contributed by atoms with Crippen LogP contribution in [-0.2, 0) is 14.8 Å². The zero-order chi connectivity index (χ0) is 17.9. The summed E-state index contributed by atoms with van der Waals surface area (Å²) in [5.74, 6) is -0.503. The van der Waals surface area contributed by atoms with Crippen LogP contribution in [0.1, 0.15) is 34.5 Å². The number of sulfonamides is 1. The van der Waals surface area contributed by atoms with Crippen molar-refractivity contribution in [3.8, 4) is 0 Å². The van der Waals surface area contributed by atoms with E-state index in [1.165, 1.54) is 25.3 Å². The van der Waals surface area contributed by atoms with E-state index in [9.17, 15) is 13.2 Å². The molecule has 7 heteroatoms. The van der Waals surface area contributed by atoms with Crippen molar-refractivity contribution in [1.82, 2.24) is 4.72 Å². The van der Waals surface area contributed by atoms with E-state index < -0.39 is 22.0 Å². The van der Waals surface area contributed by atoms with Gasteiger partial charge >= 0.3 is 5.97 Å². The normalized spacial score (nSPS) is 12.7. The van der Waals surface area contributed by atoms with Crippen LogP contribution in [0.25, 0.3) is 0 Å². The van der Waals surface area contributed by atoms with Crippen LogP contribution in [0.3, 0.4) is 0 Å². The average molecular weight is 412 g/mol. The quantitative estimate of drug-likeness (QED) is 0.762. The number of hydrogen-bond acceptors (Lipinski definition) is 4. The molecule has 0 fully saturated rings. The van der Waals surface area contributed by atoms with Crippen LogP contribution < -0.4 is 4.72 Å². The summed E-state index contributed by atoms with van der Waals surface area (Å²) in [6.45, 7) is 3.42. The molecule has 0 heterocycles. The van der Waals surface area contributed by atoms with Crippen LogP contribution in [0.2, 0.25) is 0 Å². The second kappa shape index (κ2) is 7.46. The van der Waals surface area contributed by atoms with Gasteiger partial charge in [0, 0.05) is 10.5 Å². The number of carbonyl (C=O) groups excluding carboxylic acids is 1. The van der Waals surface area contributed by atoms with Gasteiger partial charge in [0.15, 0.2) is 0 Å². The molecule has 1 unspecified atom stereocenters. The van der Waals surface area contributed by atoms with Gasteiger partial charge in [0.1, 0.15) is 0 Å². The topological polar surface area (TPSA) is 72.5 Å². The maximum atomic E-state index is 12.7. The first-order valence-corrected chi connectivity index (χ1v) is 9.49. The highest BCUT2D eigenvalue weighted by Crippen LogP contribution is 2.25. The zero-order valence-corrected chi connectivity index (χ0v) is 15.9. The third-order valence-electron chi connectivity index (χ3n) is 3.59. The molecule has 0 radical (unpaired) electrons. The number of benzene rings is 2. The molecule has 2 aromatic carbocycles. The predicted molar refractivity (Wildman–Crippen MR) is 95.4 cm³/mol. The molecule has 2 rings (SSSR count). The fourth-order valence-corrected chi connectivity index (χ4v) is 4.46. The first kappa shape index (κ1) is 18.6. The Morgan fingerprint density at radius 3 is 2.46 bits per heavy atom. The third-order valence-corrected chi connectivity index (χ3v) is 6.01. The van der Waals surface area contributed by atoms with E-state index in [-0.39, 0.29) is 4.90 Å². The summed E-state index contributed by atoms with van der Waals surface area (Å²) in [5, 5.41) is 0. The summed E-state index contributed by atoms with van der Waals surface area (Å²) < 4.78 is 33.4. The summed E-state index contributed by atoms with van der Waals surface area (Å²) in [6, 6.07) is 11.4. The zero-order valence-electron chi connectivity index (χ0n) is 13.5. The minimum atomic E-state index is -3.73. The number of nitrogens with one attached hydrogen (secondary N) is 1. The average Bonchev–Trinajstić information content (AvgIpc) is 2.53. The van der Waals surface area contributed by atoms with E-state index in [4.69, 9.17) is 0 Å². The maximum Gasteiger partial charge on any atom is 0.337 e. The summed E-state index contributed by atoms with van der Waals surface area (Å²) in [5.41, 5.74) is 1.63. The Bertz CT molecular complexity index is 865. The van der Waals surface area contributed by atoms with Gasteiger partial charge in [-0.25, -0.2) is 17.9 Å². The molecule has 0 aliphatic heterocycles. The lowest BCUT2D eigenvalue weighted by atomic mass is 10.1. The van der Waals surface area contributed by atoms with Gasteiger partial charge in [-0.05, 0) is 49.2 Å². The van der Waals surface area contributed by atoms with Gasteiger partial charge in [0.2, 0.25) is 10.0 Å². The highest BCUT2D eigenvalue weighted by Gasteiger charge is 2.22. The Kier molecular flexibility index (Phi) is 5.79. The Labute approximate surface area is 150 Å². The summed E-state index contributed by atoms with van der Waals surface area (Å²) in [7, 11) is -2.45. The second-order valence-electron chi connectivity index (χ2n) is 5.34. The van der Waals surface area contributed by atoms with Gasteiger partial charge < -0.3 is 4.74 Å². The molecule has 0 aliphatic carbocycles. The van der Waals surface area contributed by atoms with Gasteiger partial charge in [0.25, 0.3) is 0 Å². The minimum Gasteiger partial charge on any atom is -0.465 e. The molecule has 5 nitrogen and oxygen atoms in total. The number of aryl methyl sites for hydroxylation is 1. The van der Waals surface area contributed by atoms with Crippen LogP contribution in [0.15, 0.2) is 51.8 Å². The van der Waals surface area contributed by atoms with Crippen LogP contribution in [0.5, 0.6) is 0 Å². The van der Waals surface area contributed by atoms with Crippen LogP contribution >= 0.6 is 15.9 Å². The number of rotatable bonds is 5. The van der Waals surface area contributed by atoms with Crippen LogP contribution in [0, 0.1) is 6.92 Å². The fraction of sp³-hybridized carbons (Fsp3) is 0.235. The van der Waals surface area contributed by atoms with Crippen molar-refractivity contribution in [3.63, 3.8) is 0 Å². The summed E-state index contributed by atoms with van der Waals surface area (Å²) in [4.78, 5) is 11.7. The lowest BCUT2D eigenvalue weighted by Gasteiger charge is -2.17. The first-order chi connectivity index (χ1) is 11.3. The fourth-order valence-electron chi connectivity index (χ4n) is 2.38. The van der Waals surface area contributed by atoms with E-state index in [1.54, 1.807) is 13.8 Å². The maximum absolute atomic E-state index is 12.7. The van der Waals surface area contributed by atoms with Crippen molar-refractivity contribution in [2.24, 2.45) is 0 Å². The molecule has 1 atom stereocenters. The van der Waals surface area contributed by atoms with E-state index in [0.717, 1.165) is 10.0 Å². The van der Waals surface area contributed by atoms with E-state index >= 15 is 0 Å². The Balaban J connectivity index is 2.31. The first-order valence-electron chi connectivity index (χ1n) is 7.22. The van der Waals surface area contributed by atoms with E-state index in [1.807, 2.05) is 24.3 Å². The highest BCUT2D eigenvalue weighted by atomic mass is 79.9. The Hall–Kier alpha value is -1.70. The molecule has 24 heavy (non-hydrogen) atoms. The third kappa shape index (κ3) is 4.03. The minimum absolute atomic E-state index is 0.133. The number of halogens is 1. The van der Waals surface area contributed by atoms with E-state index in [2.05, 4.69) is 25.4 Å². The second-order valence-corrected chi connectivity index (χ2v) is 7.87. The summed E-state index contributed by atoms with van der Waals surface area (Å²) in [6.07, 6.45) is 0. The van der Waals surface area contributed by atoms with Crippen molar-refractivity contribution in [3.05, 3.63) is 63.6 Å². The summed E-state index contributed by atoms with van der Waals surface area (Å²) >= 11 is 3.42. The standard InChI is InChI=1S/C17H18BrNO4S/c1-11-10-13(17(20)23-3)8-9-16(11)24(21,22)19-12(2)14-6-4-5-7-15(14)18/h4-10,12,19H,1-3H3. The Morgan fingerprint density at radius 1 is 1.21 bits per heavy atom. The van der Waals surface area contributed by atoms with E-state index in [0.29, 0.717) is 11.1 Å². The molecule has 0 aliphatic rings. The monoisotopic (exact) mass is 411 g/mol. The number of ether oxygens (including phenoxy) is 1. The van der Waals surface area contributed by atoms with Crippen molar-refractivity contribution < 1.29 is 17.9 Å². The van der Waals surface area contributed by atoms with Gasteiger partial charge in [-0.3, -0.25) is 0 Å².